The molecule has 0 aliphatic carbocycles. The number of hydrogen-bond acceptors (Lipinski definition) is 4. The van der Waals surface area contributed by atoms with Gasteiger partial charge < -0.3 is 10.1 Å². The van der Waals surface area contributed by atoms with E-state index in [4.69, 9.17) is 16.3 Å². The van der Waals surface area contributed by atoms with Crippen molar-refractivity contribution in [1.29, 1.82) is 0 Å². The largest absolute Gasteiger partial charge is 0.469 e. The lowest BCUT2D eigenvalue weighted by Gasteiger charge is -2.22. The van der Waals surface area contributed by atoms with Crippen LogP contribution >= 0.6 is 22.9 Å². The standard InChI is InChI=1S/C11H16ClNO2S/c1-4-7(11(14)15-3)10(13-2)8-5-6-9(12)16-8/h5-7,10,13H,4H2,1-3H3. The molecule has 1 heterocycles. The molecule has 0 spiro atoms. The van der Waals surface area contributed by atoms with Crippen LogP contribution in [0.2, 0.25) is 4.34 Å². The second-order valence-corrected chi connectivity index (χ2v) is 5.19. The lowest BCUT2D eigenvalue weighted by molar-refractivity contribution is -0.146. The summed E-state index contributed by atoms with van der Waals surface area (Å²) < 4.78 is 5.54. The molecule has 1 aromatic heterocycles. The first-order valence-corrected chi connectivity index (χ1v) is 6.33. The highest BCUT2D eigenvalue weighted by atomic mass is 35.5. The summed E-state index contributed by atoms with van der Waals surface area (Å²) in [5.41, 5.74) is 0. The lowest BCUT2D eigenvalue weighted by atomic mass is 9.96. The van der Waals surface area contributed by atoms with Gasteiger partial charge in [-0.15, -0.1) is 11.3 Å². The summed E-state index contributed by atoms with van der Waals surface area (Å²) in [6, 6.07) is 3.75. The Morgan fingerprint density at radius 1 is 1.62 bits per heavy atom. The van der Waals surface area contributed by atoms with Crippen molar-refractivity contribution in [2.45, 2.75) is 19.4 Å². The Kier molecular flexibility index (Phi) is 5.25. The summed E-state index contributed by atoms with van der Waals surface area (Å²) in [6.07, 6.45) is 0.730. The topological polar surface area (TPSA) is 38.3 Å². The number of esters is 1. The molecule has 3 nitrogen and oxygen atoms in total. The van der Waals surface area contributed by atoms with Crippen molar-refractivity contribution in [3.05, 3.63) is 21.3 Å². The summed E-state index contributed by atoms with van der Waals surface area (Å²) in [5.74, 6) is -0.365. The number of carbonyl (C=O) groups is 1. The monoisotopic (exact) mass is 261 g/mol. The van der Waals surface area contributed by atoms with Crippen molar-refractivity contribution in [2.24, 2.45) is 5.92 Å². The number of carbonyl (C=O) groups excluding carboxylic acids is 1. The molecule has 0 bridgehead atoms. The number of halogens is 1. The van der Waals surface area contributed by atoms with Gasteiger partial charge >= 0.3 is 5.97 Å². The zero-order valence-corrected chi connectivity index (χ0v) is 11.2. The number of ether oxygens (including phenoxy) is 1. The van der Waals surface area contributed by atoms with E-state index in [9.17, 15) is 4.79 Å². The summed E-state index contributed by atoms with van der Waals surface area (Å²) in [5, 5.41) is 3.15. The van der Waals surface area contributed by atoms with Crippen LogP contribution in [0.4, 0.5) is 0 Å². The minimum Gasteiger partial charge on any atom is -0.469 e. The van der Waals surface area contributed by atoms with Crippen LogP contribution < -0.4 is 5.32 Å². The molecule has 0 aliphatic rings. The third-order valence-electron chi connectivity index (χ3n) is 2.56. The van der Waals surface area contributed by atoms with Crippen LogP contribution in [0.1, 0.15) is 24.3 Å². The first-order valence-electron chi connectivity index (χ1n) is 5.14. The third-order valence-corrected chi connectivity index (χ3v) is 3.87. The Morgan fingerprint density at radius 2 is 2.31 bits per heavy atom. The average Bonchev–Trinajstić information content (AvgIpc) is 2.71. The summed E-state index contributed by atoms with van der Waals surface area (Å²) in [7, 11) is 3.25. The highest BCUT2D eigenvalue weighted by Crippen LogP contribution is 2.32. The highest BCUT2D eigenvalue weighted by molar-refractivity contribution is 7.16. The molecule has 0 fully saturated rings. The van der Waals surface area contributed by atoms with Gasteiger partial charge in [-0.25, -0.2) is 0 Å². The fourth-order valence-electron chi connectivity index (χ4n) is 1.73. The number of thiophene rings is 1. The molecule has 5 heteroatoms. The molecular weight excluding hydrogens is 246 g/mol. The Hall–Kier alpha value is -0.580. The normalized spacial score (nSPS) is 14.5. The highest BCUT2D eigenvalue weighted by Gasteiger charge is 2.28. The fraction of sp³-hybridized carbons (Fsp3) is 0.545. The van der Waals surface area contributed by atoms with Crippen molar-refractivity contribution in [1.82, 2.24) is 5.32 Å². The average molecular weight is 262 g/mol. The Bertz CT molecular complexity index is 354. The fourth-order valence-corrected chi connectivity index (χ4v) is 2.96. The molecule has 1 aromatic rings. The first-order chi connectivity index (χ1) is 7.63. The molecule has 2 atom stereocenters. The predicted octanol–water partition coefficient (Wildman–Crippen LogP) is 2.86. The quantitative estimate of drug-likeness (QED) is 0.829. The lowest BCUT2D eigenvalue weighted by Crippen LogP contribution is -2.30. The molecule has 0 aliphatic heterocycles. The van der Waals surface area contributed by atoms with E-state index in [0.717, 1.165) is 15.6 Å². The van der Waals surface area contributed by atoms with Gasteiger partial charge in [-0.3, -0.25) is 4.79 Å². The maximum Gasteiger partial charge on any atom is 0.310 e. The van der Waals surface area contributed by atoms with Gasteiger partial charge in [0.2, 0.25) is 0 Å². The van der Waals surface area contributed by atoms with E-state index in [1.54, 1.807) is 0 Å². The molecule has 90 valence electrons. The minimum absolute atomic E-state index is 0.0325. The Labute approximate surface area is 105 Å². The second-order valence-electron chi connectivity index (χ2n) is 3.45. The molecule has 2 unspecified atom stereocenters. The van der Waals surface area contributed by atoms with Gasteiger partial charge in [0.25, 0.3) is 0 Å². The van der Waals surface area contributed by atoms with Crippen LogP contribution in [-0.2, 0) is 9.53 Å². The van der Waals surface area contributed by atoms with Crippen LogP contribution in [-0.4, -0.2) is 20.1 Å². The summed E-state index contributed by atoms with van der Waals surface area (Å²) in [6.45, 7) is 1.97. The maximum atomic E-state index is 11.6. The molecular formula is C11H16ClNO2S. The van der Waals surface area contributed by atoms with Crippen LogP contribution in [0.25, 0.3) is 0 Å². The minimum atomic E-state index is -0.189. The van der Waals surface area contributed by atoms with Gasteiger partial charge in [-0.05, 0) is 25.6 Å². The van der Waals surface area contributed by atoms with Crippen molar-refractivity contribution in [3.63, 3.8) is 0 Å². The number of methoxy groups -OCH3 is 1. The van der Waals surface area contributed by atoms with E-state index in [0.29, 0.717) is 0 Å². The predicted molar refractivity (Wildman–Crippen MR) is 66.9 cm³/mol. The zero-order valence-electron chi connectivity index (χ0n) is 9.62. The van der Waals surface area contributed by atoms with Crippen molar-refractivity contribution in [2.75, 3.05) is 14.2 Å². The molecule has 16 heavy (non-hydrogen) atoms. The second kappa shape index (κ2) is 6.23. The first kappa shape index (κ1) is 13.5. The number of nitrogens with one attached hydrogen (secondary N) is 1. The van der Waals surface area contributed by atoms with Crippen molar-refractivity contribution < 1.29 is 9.53 Å². The Morgan fingerprint density at radius 3 is 2.69 bits per heavy atom. The molecule has 0 saturated heterocycles. The number of hydrogen-bond donors (Lipinski definition) is 1. The molecule has 0 radical (unpaired) electrons. The molecule has 1 N–H and O–H groups in total. The summed E-state index contributed by atoms with van der Waals surface area (Å²) in [4.78, 5) is 12.7. The summed E-state index contributed by atoms with van der Waals surface area (Å²) >= 11 is 7.38. The number of rotatable bonds is 5. The van der Waals surface area contributed by atoms with Crippen LogP contribution in [0.15, 0.2) is 12.1 Å². The smallest absolute Gasteiger partial charge is 0.310 e. The molecule has 0 aromatic carbocycles. The molecule has 0 amide bonds. The van der Waals surface area contributed by atoms with Gasteiger partial charge in [-0.2, -0.15) is 0 Å². The van der Waals surface area contributed by atoms with Crippen LogP contribution in [0.3, 0.4) is 0 Å². The van der Waals surface area contributed by atoms with Gasteiger partial charge in [0, 0.05) is 4.88 Å². The third kappa shape index (κ3) is 2.97. The van der Waals surface area contributed by atoms with E-state index in [1.165, 1.54) is 18.4 Å². The zero-order chi connectivity index (χ0) is 12.1. The van der Waals surface area contributed by atoms with E-state index in [1.807, 2.05) is 26.1 Å². The van der Waals surface area contributed by atoms with Crippen molar-refractivity contribution >= 4 is 28.9 Å². The molecule has 1 rings (SSSR count). The van der Waals surface area contributed by atoms with Crippen LogP contribution in [0.5, 0.6) is 0 Å². The Balaban J connectivity index is 2.91. The molecule has 0 saturated carbocycles. The van der Waals surface area contributed by atoms with E-state index >= 15 is 0 Å². The maximum absolute atomic E-state index is 11.6. The van der Waals surface area contributed by atoms with Gasteiger partial charge in [0.15, 0.2) is 0 Å². The van der Waals surface area contributed by atoms with E-state index in [-0.39, 0.29) is 17.9 Å². The van der Waals surface area contributed by atoms with Gasteiger partial charge in [0.05, 0.1) is 23.4 Å². The van der Waals surface area contributed by atoms with E-state index in [2.05, 4.69) is 5.32 Å². The van der Waals surface area contributed by atoms with E-state index < -0.39 is 0 Å². The van der Waals surface area contributed by atoms with Gasteiger partial charge in [-0.1, -0.05) is 18.5 Å². The van der Waals surface area contributed by atoms with Crippen LogP contribution in [0, 0.1) is 5.92 Å². The van der Waals surface area contributed by atoms with Gasteiger partial charge in [0.1, 0.15) is 0 Å². The van der Waals surface area contributed by atoms with Crippen molar-refractivity contribution in [3.8, 4) is 0 Å². The SMILES string of the molecule is CCC(C(=O)OC)C(NC)c1ccc(Cl)s1.